The van der Waals surface area contributed by atoms with Crippen LogP contribution in [0, 0.1) is 5.41 Å². The van der Waals surface area contributed by atoms with Crippen LogP contribution in [-0.4, -0.2) is 28.4 Å². The quantitative estimate of drug-likeness (QED) is 0.343. The van der Waals surface area contributed by atoms with Crippen LogP contribution >= 0.6 is 0 Å². The van der Waals surface area contributed by atoms with Gasteiger partial charge in [-0.1, -0.05) is 24.3 Å². The van der Waals surface area contributed by atoms with Gasteiger partial charge in [-0.3, -0.25) is 10.2 Å². The van der Waals surface area contributed by atoms with E-state index in [0.29, 0.717) is 22.3 Å². The average molecular weight is 458 g/mol. The summed E-state index contributed by atoms with van der Waals surface area (Å²) in [5.41, 5.74) is 13.1. The Morgan fingerprint density at radius 3 is 2.33 bits per heavy atom. The van der Waals surface area contributed by atoms with E-state index in [1.54, 1.807) is 28.8 Å². The van der Waals surface area contributed by atoms with Crippen LogP contribution in [0.25, 0.3) is 10.9 Å². The second kappa shape index (κ2) is 8.90. The van der Waals surface area contributed by atoms with Crippen LogP contribution in [0.5, 0.6) is 0 Å². The summed E-state index contributed by atoms with van der Waals surface area (Å²) >= 11 is 0. The first-order valence-corrected chi connectivity index (χ1v) is 10.8. The van der Waals surface area contributed by atoms with Gasteiger partial charge in [-0.25, -0.2) is 0 Å². The van der Waals surface area contributed by atoms with Crippen molar-refractivity contribution < 1.29 is 18.0 Å². The Morgan fingerprint density at radius 1 is 1.06 bits per heavy atom. The molecule has 6 nitrogen and oxygen atoms in total. The summed E-state index contributed by atoms with van der Waals surface area (Å²) in [6, 6.07) is 12.0. The van der Waals surface area contributed by atoms with Crippen molar-refractivity contribution in [1.29, 1.82) is 5.41 Å². The Balaban J connectivity index is 1.69. The van der Waals surface area contributed by atoms with Crippen molar-refractivity contribution in [3.63, 3.8) is 0 Å². The number of aromatic nitrogens is 1. The van der Waals surface area contributed by atoms with Gasteiger partial charge < -0.3 is 21.4 Å². The number of nitrogens with zero attached hydrogens (tertiary/aromatic N) is 1. The zero-order chi connectivity index (χ0) is 23.8. The third-order valence-electron chi connectivity index (χ3n) is 6.18. The Bertz CT molecular complexity index is 1180. The summed E-state index contributed by atoms with van der Waals surface area (Å²) in [7, 11) is 0. The number of alkyl halides is 3. The number of carbonyl (C=O) groups is 1. The lowest BCUT2D eigenvalue weighted by molar-refractivity contribution is -0.137. The number of amidine groups is 1. The number of hydrogen-bond acceptors (Lipinski definition) is 3. The lowest BCUT2D eigenvalue weighted by Crippen LogP contribution is -2.41. The van der Waals surface area contributed by atoms with E-state index in [0.717, 1.165) is 43.2 Å². The molecule has 1 fully saturated rings. The highest BCUT2D eigenvalue weighted by Crippen LogP contribution is 2.30. The fourth-order valence-electron chi connectivity index (χ4n) is 4.29. The highest BCUT2D eigenvalue weighted by atomic mass is 19.4. The molecule has 0 atom stereocenters. The second-order valence-corrected chi connectivity index (χ2v) is 8.58. The van der Waals surface area contributed by atoms with Gasteiger partial charge in [0.05, 0.1) is 5.56 Å². The summed E-state index contributed by atoms with van der Waals surface area (Å²) < 4.78 is 40.6. The Kier molecular flexibility index (Phi) is 6.16. The number of fused-ring (bicyclic) bond motifs is 1. The molecule has 0 radical (unpaired) electrons. The third kappa shape index (κ3) is 5.03. The summed E-state index contributed by atoms with van der Waals surface area (Å²) in [6.45, 7) is 0.196. The molecule has 1 amide bonds. The summed E-state index contributed by atoms with van der Waals surface area (Å²) in [6.07, 6.45) is -1.10. The van der Waals surface area contributed by atoms with Gasteiger partial charge in [-0.2, -0.15) is 13.2 Å². The molecule has 2 aromatic carbocycles. The van der Waals surface area contributed by atoms with Crippen molar-refractivity contribution in [2.45, 2.75) is 50.5 Å². The van der Waals surface area contributed by atoms with E-state index in [-0.39, 0.29) is 30.4 Å². The average Bonchev–Trinajstić information content (AvgIpc) is 3.13. The predicted molar refractivity (Wildman–Crippen MR) is 121 cm³/mol. The molecule has 3 aromatic rings. The van der Waals surface area contributed by atoms with E-state index in [1.165, 1.54) is 12.1 Å². The number of hydrogen-bond donors (Lipinski definition) is 4. The molecule has 0 unspecified atom stereocenters. The number of nitrogen functional groups attached to an aromatic ring is 1. The van der Waals surface area contributed by atoms with E-state index < -0.39 is 11.7 Å². The fourth-order valence-corrected chi connectivity index (χ4v) is 4.29. The molecule has 0 saturated heterocycles. The third-order valence-corrected chi connectivity index (χ3v) is 6.18. The van der Waals surface area contributed by atoms with Gasteiger partial charge in [0.15, 0.2) is 0 Å². The number of benzene rings is 2. The molecule has 1 aromatic heterocycles. The molecule has 174 valence electrons. The van der Waals surface area contributed by atoms with Crippen molar-refractivity contribution in [3.8, 4) is 0 Å². The largest absolute Gasteiger partial charge is 0.416 e. The molecule has 1 heterocycles. The van der Waals surface area contributed by atoms with Gasteiger partial charge in [0.2, 0.25) is 0 Å². The first kappa shape index (κ1) is 22.8. The van der Waals surface area contributed by atoms with E-state index in [2.05, 4.69) is 5.32 Å². The topological polar surface area (TPSA) is 110 Å². The minimum absolute atomic E-state index is 0.0302. The van der Waals surface area contributed by atoms with E-state index in [4.69, 9.17) is 16.9 Å². The number of rotatable bonds is 5. The molecule has 4 rings (SSSR count). The van der Waals surface area contributed by atoms with Crippen LogP contribution in [0.4, 0.5) is 13.2 Å². The maximum atomic E-state index is 13.2. The standard InChI is InChI=1S/C24H26F3N5O/c25-24(26,27)17-5-1-14(2-6-17)13-32-20-12-16(22(29)30)4-3-15(20)11-21(32)23(33)31-19-9-7-18(28)8-10-19/h1-6,11-12,18-19H,7-10,13,28H2,(H3,29,30)(H,31,33). The van der Waals surface area contributed by atoms with Gasteiger partial charge >= 0.3 is 6.18 Å². The van der Waals surface area contributed by atoms with Gasteiger partial charge in [0, 0.05) is 35.1 Å². The van der Waals surface area contributed by atoms with Crippen molar-refractivity contribution >= 4 is 22.6 Å². The zero-order valence-electron chi connectivity index (χ0n) is 18.0. The number of carbonyl (C=O) groups excluding carboxylic acids is 1. The van der Waals surface area contributed by atoms with Crippen LogP contribution < -0.4 is 16.8 Å². The zero-order valence-corrected chi connectivity index (χ0v) is 18.0. The van der Waals surface area contributed by atoms with E-state index in [1.807, 2.05) is 0 Å². The maximum Gasteiger partial charge on any atom is 0.416 e. The van der Waals surface area contributed by atoms with Gasteiger partial charge in [-0.15, -0.1) is 0 Å². The molecular weight excluding hydrogens is 431 g/mol. The molecule has 33 heavy (non-hydrogen) atoms. The van der Waals surface area contributed by atoms with Crippen LogP contribution in [-0.2, 0) is 12.7 Å². The Morgan fingerprint density at radius 2 is 1.73 bits per heavy atom. The van der Waals surface area contributed by atoms with Crippen LogP contribution in [0.2, 0.25) is 0 Å². The maximum absolute atomic E-state index is 13.2. The van der Waals surface area contributed by atoms with Crippen molar-refractivity contribution in [1.82, 2.24) is 9.88 Å². The summed E-state index contributed by atoms with van der Waals surface area (Å²) in [4.78, 5) is 13.2. The molecule has 1 saturated carbocycles. The van der Waals surface area contributed by atoms with Crippen LogP contribution in [0.1, 0.15) is 52.9 Å². The molecule has 0 bridgehead atoms. The van der Waals surface area contributed by atoms with Crippen molar-refractivity contribution in [2.24, 2.45) is 11.5 Å². The Labute approximate surface area is 189 Å². The van der Waals surface area contributed by atoms with Crippen molar-refractivity contribution in [3.05, 3.63) is 70.9 Å². The first-order chi connectivity index (χ1) is 15.6. The first-order valence-electron chi connectivity index (χ1n) is 10.8. The number of nitrogens with two attached hydrogens (primary N) is 2. The molecule has 1 aliphatic rings. The Hall–Kier alpha value is -3.33. The number of amides is 1. The predicted octanol–water partition coefficient (Wildman–Crippen LogP) is 3.99. The van der Waals surface area contributed by atoms with Crippen LogP contribution in [0.15, 0.2) is 48.5 Å². The molecular formula is C24H26F3N5O. The molecule has 0 spiro atoms. The molecule has 1 aliphatic carbocycles. The second-order valence-electron chi connectivity index (χ2n) is 8.58. The lowest BCUT2D eigenvalue weighted by Gasteiger charge is -2.27. The highest BCUT2D eigenvalue weighted by molar-refractivity contribution is 6.02. The van der Waals surface area contributed by atoms with Gasteiger partial charge in [-0.05, 0) is 55.5 Å². The SMILES string of the molecule is N=C(N)c1ccc2cc(C(=O)NC3CCC(N)CC3)n(Cc3ccc(C(F)(F)F)cc3)c2c1. The van der Waals surface area contributed by atoms with E-state index >= 15 is 0 Å². The van der Waals surface area contributed by atoms with Crippen molar-refractivity contribution in [2.75, 3.05) is 0 Å². The minimum atomic E-state index is -4.41. The molecule has 0 aliphatic heterocycles. The molecule has 6 N–H and O–H groups in total. The van der Waals surface area contributed by atoms with E-state index in [9.17, 15) is 18.0 Å². The highest BCUT2D eigenvalue weighted by Gasteiger charge is 2.30. The number of halogens is 3. The minimum Gasteiger partial charge on any atom is -0.384 e. The lowest BCUT2D eigenvalue weighted by atomic mass is 9.92. The van der Waals surface area contributed by atoms with Gasteiger partial charge in [0.1, 0.15) is 11.5 Å². The molecule has 9 heteroatoms. The van der Waals surface area contributed by atoms with Gasteiger partial charge in [0.25, 0.3) is 5.91 Å². The smallest absolute Gasteiger partial charge is 0.384 e. The normalized spacial score (nSPS) is 18.9. The van der Waals surface area contributed by atoms with Crippen LogP contribution in [0.3, 0.4) is 0 Å². The fraction of sp³-hybridized carbons (Fsp3) is 0.333. The monoisotopic (exact) mass is 457 g/mol. The summed E-state index contributed by atoms with van der Waals surface area (Å²) in [5, 5.41) is 11.6. The summed E-state index contributed by atoms with van der Waals surface area (Å²) in [5.74, 6) is -0.355. The number of nitrogens with one attached hydrogen (secondary N) is 2.